The lowest BCUT2D eigenvalue weighted by molar-refractivity contribution is -0.0122. The Balaban J connectivity index is 1.33. The zero-order chi connectivity index (χ0) is 23.3. The molecule has 0 saturated carbocycles. The summed E-state index contributed by atoms with van der Waals surface area (Å²) in [5.74, 6) is 0.884. The van der Waals surface area contributed by atoms with Gasteiger partial charge < -0.3 is 15.2 Å². The minimum atomic E-state index is -0.689. The number of likely N-dealkylation sites (tertiary alicyclic amines) is 1. The summed E-state index contributed by atoms with van der Waals surface area (Å²) in [6, 6.07) is 22.1. The van der Waals surface area contributed by atoms with Crippen LogP contribution in [-0.2, 0) is 13.2 Å². The maximum atomic E-state index is 11.1. The summed E-state index contributed by atoms with van der Waals surface area (Å²) in [5, 5.41) is 15.2. The van der Waals surface area contributed by atoms with E-state index in [4.69, 9.17) is 16.3 Å². The van der Waals surface area contributed by atoms with E-state index < -0.39 is 5.60 Å². The smallest absolute Gasteiger partial charge is 0.124 e. The SMILES string of the molecule is Cc1cccc(NCC2(O)CCN(Cc3cc(Br)ccc3OCc3ccc(Cl)cc3)CC2)c1. The van der Waals surface area contributed by atoms with Crippen LogP contribution in [0.3, 0.4) is 0 Å². The fourth-order valence-electron chi connectivity index (χ4n) is 4.12. The van der Waals surface area contributed by atoms with Crippen molar-refractivity contribution in [2.24, 2.45) is 0 Å². The topological polar surface area (TPSA) is 44.7 Å². The molecular weight excluding hydrogens is 500 g/mol. The molecular formula is C27H30BrClN2O2. The predicted molar refractivity (Wildman–Crippen MR) is 139 cm³/mol. The molecule has 33 heavy (non-hydrogen) atoms. The van der Waals surface area contributed by atoms with Crippen LogP contribution in [0.25, 0.3) is 0 Å². The maximum Gasteiger partial charge on any atom is 0.124 e. The molecule has 6 heteroatoms. The summed E-state index contributed by atoms with van der Waals surface area (Å²) in [7, 11) is 0. The molecule has 4 nitrogen and oxygen atoms in total. The molecule has 0 bridgehead atoms. The molecule has 0 unspecified atom stereocenters. The highest BCUT2D eigenvalue weighted by Gasteiger charge is 2.32. The van der Waals surface area contributed by atoms with Crippen molar-refractivity contribution in [1.29, 1.82) is 0 Å². The van der Waals surface area contributed by atoms with Gasteiger partial charge in [-0.1, -0.05) is 51.8 Å². The number of anilines is 1. The number of rotatable bonds is 8. The first-order valence-electron chi connectivity index (χ1n) is 11.3. The summed E-state index contributed by atoms with van der Waals surface area (Å²) >= 11 is 9.58. The number of benzene rings is 3. The first-order chi connectivity index (χ1) is 15.9. The van der Waals surface area contributed by atoms with Gasteiger partial charge in [0.05, 0.1) is 5.60 Å². The maximum absolute atomic E-state index is 11.1. The monoisotopic (exact) mass is 528 g/mol. The Kier molecular flexibility index (Phi) is 7.97. The fraction of sp³-hybridized carbons (Fsp3) is 0.333. The average Bonchev–Trinajstić information content (AvgIpc) is 2.80. The number of nitrogens with zero attached hydrogens (tertiary/aromatic N) is 1. The zero-order valence-corrected chi connectivity index (χ0v) is 21.2. The van der Waals surface area contributed by atoms with E-state index in [1.54, 1.807) is 0 Å². The van der Waals surface area contributed by atoms with Crippen LogP contribution in [0.5, 0.6) is 5.75 Å². The van der Waals surface area contributed by atoms with Gasteiger partial charge in [-0.3, -0.25) is 4.90 Å². The van der Waals surface area contributed by atoms with Crippen LogP contribution in [-0.4, -0.2) is 35.2 Å². The second-order valence-corrected chi connectivity index (χ2v) is 10.2. The summed E-state index contributed by atoms with van der Waals surface area (Å²) in [5.41, 5.74) is 3.80. The average molecular weight is 530 g/mol. The largest absolute Gasteiger partial charge is 0.489 e. The van der Waals surface area contributed by atoms with Crippen LogP contribution in [0.2, 0.25) is 5.02 Å². The number of halogens is 2. The van der Waals surface area contributed by atoms with E-state index >= 15 is 0 Å². The summed E-state index contributed by atoms with van der Waals surface area (Å²) in [4.78, 5) is 2.39. The molecule has 4 rings (SSSR count). The highest BCUT2D eigenvalue weighted by atomic mass is 79.9. The van der Waals surface area contributed by atoms with Crippen molar-refractivity contribution in [1.82, 2.24) is 4.90 Å². The molecule has 174 valence electrons. The van der Waals surface area contributed by atoms with E-state index in [1.165, 1.54) is 5.56 Å². The molecule has 1 fully saturated rings. The molecule has 3 aromatic carbocycles. The van der Waals surface area contributed by atoms with Crippen LogP contribution in [0.1, 0.15) is 29.5 Å². The molecule has 2 N–H and O–H groups in total. The lowest BCUT2D eigenvalue weighted by atomic mass is 9.91. The molecule has 0 spiro atoms. The molecule has 3 aromatic rings. The van der Waals surface area contributed by atoms with Gasteiger partial charge in [-0.25, -0.2) is 0 Å². The molecule has 0 aliphatic carbocycles. The van der Waals surface area contributed by atoms with Crippen LogP contribution in [0.4, 0.5) is 5.69 Å². The minimum absolute atomic E-state index is 0.496. The Morgan fingerprint density at radius 1 is 1.06 bits per heavy atom. The predicted octanol–water partition coefficient (Wildman–Crippen LogP) is 6.43. The van der Waals surface area contributed by atoms with Crippen LogP contribution in [0.15, 0.2) is 71.2 Å². The van der Waals surface area contributed by atoms with Gasteiger partial charge in [-0.15, -0.1) is 0 Å². The highest BCUT2D eigenvalue weighted by molar-refractivity contribution is 9.10. The normalized spacial score (nSPS) is 15.9. The molecule has 1 heterocycles. The van der Waals surface area contributed by atoms with E-state index in [2.05, 4.69) is 51.3 Å². The quantitative estimate of drug-likeness (QED) is 0.353. The lowest BCUT2D eigenvalue weighted by Crippen LogP contribution is -2.48. The lowest BCUT2D eigenvalue weighted by Gasteiger charge is -2.38. The first-order valence-corrected chi connectivity index (χ1v) is 12.5. The molecule has 1 aliphatic rings. The Morgan fingerprint density at radius 3 is 2.55 bits per heavy atom. The van der Waals surface area contributed by atoms with Crippen LogP contribution < -0.4 is 10.1 Å². The first kappa shape index (κ1) is 24.1. The van der Waals surface area contributed by atoms with Gasteiger partial charge >= 0.3 is 0 Å². The minimum Gasteiger partial charge on any atom is -0.489 e. The molecule has 0 atom stereocenters. The summed E-state index contributed by atoms with van der Waals surface area (Å²) in [6.45, 7) is 5.61. The number of hydrogen-bond acceptors (Lipinski definition) is 4. The van der Waals surface area contributed by atoms with Gasteiger partial charge in [0.15, 0.2) is 0 Å². The van der Waals surface area contributed by atoms with E-state index in [0.717, 1.165) is 64.5 Å². The van der Waals surface area contributed by atoms with Crippen molar-refractivity contribution in [2.75, 3.05) is 25.0 Å². The van der Waals surface area contributed by atoms with Crippen molar-refractivity contribution < 1.29 is 9.84 Å². The molecule has 1 aliphatic heterocycles. The van der Waals surface area contributed by atoms with Gasteiger partial charge in [0, 0.05) is 46.9 Å². The standard InChI is InChI=1S/C27H30BrClN2O2/c1-20-3-2-4-25(15-20)30-19-27(32)11-13-31(14-12-27)17-22-16-23(28)7-10-26(22)33-18-21-5-8-24(29)9-6-21/h2-10,15-16,30,32H,11-14,17-19H2,1H3. The van der Waals surface area contributed by atoms with E-state index in [0.29, 0.717) is 13.2 Å². The number of nitrogens with one attached hydrogen (secondary N) is 1. The fourth-order valence-corrected chi connectivity index (χ4v) is 4.66. The van der Waals surface area contributed by atoms with Crippen molar-refractivity contribution in [2.45, 2.75) is 38.5 Å². The van der Waals surface area contributed by atoms with Crippen molar-refractivity contribution >= 4 is 33.2 Å². The Labute approximate surface area is 209 Å². The van der Waals surface area contributed by atoms with Gasteiger partial charge in [0.25, 0.3) is 0 Å². The third-order valence-electron chi connectivity index (χ3n) is 6.15. The van der Waals surface area contributed by atoms with Crippen LogP contribution in [0, 0.1) is 6.92 Å². The third kappa shape index (κ3) is 6.97. The zero-order valence-electron chi connectivity index (χ0n) is 18.9. The van der Waals surface area contributed by atoms with Gasteiger partial charge in [0.2, 0.25) is 0 Å². The highest BCUT2D eigenvalue weighted by Crippen LogP contribution is 2.29. The Morgan fingerprint density at radius 2 is 1.82 bits per heavy atom. The molecule has 0 amide bonds. The molecule has 0 aromatic heterocycles. The number of hydrogen-bond donors (Lipinski definition) is 2. The van der Waals surface area contributed by atoms with Gasteiger partial charge in [-0.2, -0.15) is 0 Å². The summed E-state index contributed by atoms with van der Waals surface area (Å²) < 4.78 is 7.18. The van der Waals surface area contributed by atoms with E-state index in [9.17, 15) is 5.11 Å². The Hall–Kier alpha value is -2.05. The van der Waals surface area contributed by atoms with Crippen LogP contribution >= 0.6 is 27.5 Å². The molecule has 0 radical (unpaired) electrons. The second kappa shape index (κ2) is 10.9. The van der Waals surface area contributed by atoms with Crippen molar-refractivity contribution in [3.05, 3.63) is 92.9 Å². The number of aryl methyl sites for hydroxylation is 1. The van der Waals surface area contributed by atoms with Crippen molar-refractivity contribution in [3.63, 3.8) is 0 Å². The third-order valence-corrected chi connectivity index (χ3v) is 6.90. The van der Waals surface area contributed by atoms with E-state index in [1.807, 2.05) is 48.5 Å². The van der Waals surface area contributed by atoms with Gasteiger partial charge in [0.1, 0.15) is 12.4 Å². The second-order valence-electron chi connectivity index (χ2n) is 8.89. The number of aliphatic hydroxyl groups is 1. The summed E-state index contributed by atoms with van der Waals surface area (Å²) in [6.07, 6.45) is 1.47. The number of ether oxygens (including phenoxy) is 1. The number of piperidine rings is 1. The Bertz CT molecular complexity index is 1070. The van der Waals surface area contributed by atoms with Crippen molar-refractivity contribution in [3.8, 4) is 5.75 Å². The molecule has 1 saturated heterocycles. The van der Waals surface area contributed by atoms with Gasteiger partial charge in [-0.05, 0) is 73.4 Å². The van der Waals surface area contributed by atoms with E-state index in [-0.39, 0.29) is 0 Å².